The van der Waals surface area contributed by atoms with E-state index in [4.69, 9.17) is 15.3 Å². The van der Waals surface area contributed by atoms with E-state index in [0.717, 1.165) is 25.7 Å². The summed E-state index contributed by atoms with van der Waals surface area (Å²) in [6.07, 6.45) is 3.77. The third-order valence-corrected chi connectivity index (χ3v) is 3.34. The summed E-state index contributed by atoms with van der Waals surface area (Å²) in [6, 6.07) is 2.56. The number of methoxy groups -OCH3 is 1. The van der Waals surface area contributed by atoms with Crippen molar-refractivity contribution in [3.8, 4) is 5.88 Å². The average molecular weight is 282 g/mol. The van der Waals surface area contributed by atoms with Crippen LogP contribution in [0.2, 0.25) is 0 Å². The number of hydrogen-bond donors (Lipinski definition) is 2. The Labute approximate surface area is 116 Å². The molecule has 1 aromatic heterocycles. The largest absolute Gasteiger partial charge is 0.474 e. The molecule has 1 heterocycles. The van der Waals surface area contributed by atoms with E-state index in [-0.39, 0.29) is 29.6 Å². The Bertz CT molecular complexity index is 483. The molecule has 0 saturated heterocycles. The molecule has 1 saturated carbocycles. The van der Waals surface area contributed by atoms with E-state index in [1.165, 1.54) is 12.1 Å². The highest BCUT2D eigenvalue weighted by Crippen LogP contribution is 2.27. The third kappa shape index (κ3) is 3.55. The lowest BCUT2D eigenvalue weighted by molar-refractivity contribution is -0.384. The molecule has 1 aromatic rings. The highest BCUT2D eigenvalue weighted by Gasteiger charge is 2.24. The van der Waals surface area contributed by atoms with Crippen LogP contribution in [-0.2, 0) is 4.74 Å². The first kappa shape index (κ1) is 14.5. The van der Waals surface area contributed by atoms with E-state index >= 15 is 0 Å². The Balaban J connectivity index is 2.11. The monoisotopic (exact) mass is 282 g/mol. The second kappa shape index (κ2) is 6.49. The SMILES string of the molecule is COC1CCCC(Oc2cc([N+](=O)[O-])cc(NN)n2)C1. The van der Waals surface area contributed by atoms with Gasteiger partial charge in [0.1, 0.15) is 6.10 Å². The van der Waals surface area contributed by atoms with Crippen molar-refractivity contribution >= 4 is 11.5 Å². The van der Waals surface area contributed by atoms with Gasteiger partial charge in [-0.15, -0.1) is 0 Å². The minimum atomic E-state index is -0.506. The van der Waals surface area contributed by atoms with E-state index in [9.17, 15) is 10.1 Å². The Morgan fingerprint density at radius 1 is 1.45 bits per heavy atom. The molecule has 3 N–H and O–H groups in total. The maximum absolute atomic E-state index is 10.8. The molecule has 8 nitrogen and oxygen atoms in total. The summed E-state index contributed by atoms with van der Waals surface area (Å²) in [5, 5.41) is 10.8. The summed E-state index contributed by atoms with van der Waals surface area (Å²) in [6.45, 7) is 0. The molecule has 0 bridgehead atoms. The molecule has 0 radical (unpaired) electrons. The van der Waals surface area contributed by atoms with Crippen molar-refractivity contribution in [3.05, 3.63) is 22.2 Å². The van der Waals surface area contributed by atoms with Crippen LogP contribution in [0.3, 0.4) is 0 Å². The highest BCUT2D eigenvalue weighted by atomic mass is 16.6. The summed E-state index contributed by atoms with van der Waals surface area (Å²) >= 11 is 0. The van der Waals surface area contributed by atoms with Gasteiger partial charge in [-0.2, -0.15) is 4.98 Å². The molecule has 20 heavy (non-hydrogen) atoms. The number of pyridine rings is 1. The zero-order valence-electron chi connectivity index (χ0n) is 11.2. The van der Waals surface area contributed by atoms with E-state index < -0.39 is 4.92 Å². The van der Waals surface area contributed by atoms with Gasteiger partial charge in [0.25, 0.3) is 5.69 Å². The molecule has 1 fully saturated rings. The number of hydrogen-bond acceptors (Lipinski definition) is 7. The standard InChI is InChI=1S/C12H18N4O4/c1-19-9-3-2-4-10(7-9)20-12-6-8(16(17)18)5-11(14-12)15-13/h5-6,9-10H,2-4,7,13H2,1H3,(H,14,15). The maximum Gasteiger partial charge on any atom is 0.278 e. The number of anilines is 1. The van der Waals surface area contributed by atoms with E-state index in [0.29, 0.717) is 0 Å². The number of aromatic nitrogens is 1. The van der Waals surface area contributed by atoms with Crippen LogP contribution in [0.15, 0.2) is 12.1 Å². The number of nitrogen functional groups attached to an aromatic ring is 1. The summed E-state index contributed by atoms with van der Waals surface area (Å²) in [5.74, 6) is 5.66. The van der Waals surface area contributed by atoms with E-state index in [1.807, 2.05) is 0 Å². The fourth-order valence-corrected chi connectivity index (χ4v) is 2.33. The Hall–Kier alpha value is -1.93. The lowest BCUT2D eigenvalue weighted by Crippen LogP contribution is -2.29. The first-order chi connectivity index (χ1) is 9.62. The molecular weight excluding hydrogens is 264 g/mol. The summed E-state index contributed by atoms with van der Waals surface area (Å²) in [7, 11) is 1.68. The number of nitrogens with zero attached hydrogens (tertiary/aromatic N) is 2. The lowest BCUT2D eigenvalue weighted by atomic mass is 9.95. The van der Waals surface area contributed by atoms with Crippen molar-refractivity contribution in [1.82, 2.24) is 4.98 Å². The van der Waals surface area contributed by atoms with E-state index in [1.54, 1.807) is 7.11 Å². The van der Waals surface area contributed by atoms with Crippen molar-refractivity contribution in [2.24, 2.45) is 5.84 Å². The molecule has 2 atom stereocenters. The third-order valence-electron chi connectivity index (χ3n) is 3.34. The predicted octanol–water partition coefficient (Wildman–Crippen LogP) is 1.61. The normalized spacial score (nSPS) is 22.3. The Kier molecular flexibility index (Phi) is 4.70. The van der Waals surface area contributed by atoms with Gasteiger partial charge in [0.2, 0.25) is 5.88 Å². The number of ether oxygens (including phenoxy) is 2. The second-order valence-corrected chi connectivity index (χ2v) is 4.71. The molecule has 1 aliphatic rings. The first-order valence-electron chi connectivity index (χ1n) is 6.45. The topological polar surface area (TPSA) is 113 Å². The molecule has 1 aliphatic carbocycles. The fourth-order valence-electron chi connectivity index (χ4n) is 2.33. The maximum atomic E-state index is 10.8. The zero-order valence-corrected chi connectivity index (χ0v) is 11.2. The van der Waals surface area contributed by atoms with Crippen LogP contribution in [0.1, 0.15) is 25.7 Å². The van der Waals surface area contributed by atoms with Crippen LogP contribution in [0, 0.1) is 10.1 Å². The minimum Gasteiger partial charge on any atom is -0.474 e. The molecule has 0 aromatic carbocycles. The van der Waals surface area contributed by atoms with Gasteiger partial charge in [0, 0.05) is 13.5 Å². The van der Waals surface area contributed by atoms with Gasteiger partial charge in [0.15, 0.2) is 5.82 Å². The number of rotatable bonds is 5. The summed E-state index contributed by atoms with van der Waals surface area (Å²) in [4.78, 5) is 14.4. The average Bonchev–Trinajstić information content (AvgIpc) is 2.47. The number of nitrogens with two attached hydrogens (primary N) is 1. The Morgan fingerprint density at radius 2 is 2.20 bits per heavy atom. The Morgan fingerprint density at radius 3 is 2.85 bits per heavy atom. The molecule has 2 rings (SSSR count). The van der Waals surface area contributed by atoms with Gasteiger partial charge < -0.3 is 14.9 Å². The van der Waals surface area contributed by atoms with Crippen molar-refractivity contribution in [2.45, 2.75) is 37.9 Å². The number of nitrogens with one attached hydrogen (secondary N) is 1. The summed E-state index contributed by atoms with van der Waals surface area (Å²) in [5.41, 5.74) is 2.19. The predicted molar refractivity (Wildman–Crippen MR) is 72.4 cm³/mol. The van der Waals surface area contributed by atoms with Crippen LogP contribution in [0.4, 0.5) is 11.5 Å². The van der Waals surface area contributed by atoms with Gasteiger partial charge in [-0.3, -0.25) is 10.1 Å². The van der Waals surface area contributed by atoms with Crippen LogP contribution in [0.25, 0.3) is 0 Å². The van der Waals surface area contributed by atoms with Gasteiger partial charge >= 0.3 is 0 Å². The van der Waals surface area contributed by atoms with Gasteiger partial charge in [-0.25, -0.2) is 5.84 Å². The first-order valence-corrected chi connectivity index (χ1v) is 6.45. The smallest absolute Gasteiger partial charge is 0.278 e. The molecule has 0 amide bonds. The van der Waals surface area contributed by atoms with Crippen molar-refractivity contribution < 1.29 is 14.4 Å². The molecular formula is C12H18N4O4. The van der Waals surface area contributed by atoms with Gasteiger partial charge in [-0.1, -0.05) is 0 Å². The molecule has 2 unspecified atom stereocenters. The van der Waals surface area contributed by atoms with Crippen LogP contribution in [0.5, 0.6) is 5.88 Å². The van der Waals surface area contributed by atoms with Crippen molar-refractivity contribution in [2.75, 3.05) is 12.5 Å². The molecule has 8 heteroatoms. The number of hydrazine groups is 1. The highest BCUT2D eigenvalue weighted by molar-refractivity contribution is 5.47. The van der Waals surface area contributed by atoms with Crippen molar-refractivity contribution in [3.63, 3.8) is 0 Å². The van der Waals surface area contributed by atoms with Crippen LogP contribution < -0.4 is 16.0 Å². The zero-order chi connectivity index (χ0) is 14.5. The minimum absolute atomic E-state index is 0.0474. The molecule has 110 valence electrons. The van der Waals surface area contributed by atoms with Gasteiger partial charge in [-0.05, 0) is 19.3 Å². The van der Waals surface area contributed by atoms with E-state index in [2.05, 4.69) is 10.4 Å². The van der Waals surface area contributed by atoms with Crippen LogP contribution >= 0.6 is 0 Å². The second-order valence-electron chi connectivity index (χ2n) is 4.71. The quantitative estimate of drug-likeness (QED) is 0.479. The van der Waals surface area contributed by atoms with Gasteiger partial charge in [0.05, 0.1) is 23.2 Å². The van der Waals surface area contributed by atoms with Crippen molar-refractivity contribution in [1.29, 1.82) is 0 Å². The number of nitro groups is 1. The molecule has 0 spiro atoms. The summed E-state index contributed by atoms with van der Waals surface area (Å²) < 4.78 is 11.1. The lowest BCUT2D eigenvalue weighted by Gasteiger charge is -2.28. The van der Waals surface area contributed by atoms with Crippen LogP contribution in [-0.4, -0.2) is 29.2 Å². The molecule has 0 aliphatic heterocycles. The fraction of sp³-hybridized carbons (Fsp3) is 0.583.